The van der Waals surface area contributed by atoms with Gasteiger partial charge in [-0.25, -0.2) is 0 Å². The summed E-state index contributed by atoms with van der Waals surface area (Å²) in [5.41, 5.74) is 1.44. The predicted octanol–water partition coefficient (Wildman–Crippen LogP) is 2.71. The first kappa shape index (κ1) is 19.2. The lowest BCUT2D eigenvalue weighted by molar-refractivity contribution is -0.0320. The van der Waals surface area contributed by atoms with Crippen molar-refractivity contribution >= 4 is 5.96 Å². The highest BCUT2D eigenvalue weighted by atomic mass is 16.5. The Morgan fingerprint density at radius 3 is 2.81 bits per heavy atom. The fraction of sp³-hybridized carbons (Fsp3) is 0.667. The SMILES string of the molecule is CN=C(NCCCOC1CCOCC1)N1CCC(Cc2ccccc2)C1. The number of nitrogens with zero attached hydrogens (tertiary/aromatic N) is 2. The van der Waals surface area contributed by atoms with Crippen LogP contribution >= 0.6 is 0 Å². The van der Waals surface area contributed by atoms with Crippen molar-refractivity contribution in [2.75, 3.05) is 46.5 Å². The van der Waals surface area contributed by atoms with Crippen LogP contribution in [0.3, 0.4) is 0 Å². The summed E-state index contributed by atoms with van der Waals surface area (Å²) in [6.45, 7) is 5.59. The van der Waals surface area contributed by atoms with E-state index in [1.165, 1.54) is 12.0 Å². The van der Waals surface area contributed by atoms with Gasteiger partial charge in [0.05, 0.1) is 6.10 Å². The molecular weight excluding hydrogens is 326 g/mol. The quantitative estimate of drug-likeness (QED) is 0.462. The van der Waals surface area contributed by atoms with Gasteiger partial charge in [0.25, 0.3) is 0 Å². The predicted molar refractivity (Wildman–Crippen MR) is 106 cm³/mol. The van der Waals surface area contributed by atoms with Gasteiger partial charge in [-0.1, -0.05) is 30.3 Å². The number of benzene rings is 1. The number of nitrogens with one attached hydrogen (secondary N) is 1. The minimum Gasteiger partial charge on any atom is -0.381 e. The van der Waals surface area contributed by atoms with Crippen LogP contribution in [-0.4, -0.2) is 63.5 Å². The fourth-order valence-electron chi connectivity index (χ4n) is 3.84. The van der Waals surface area contributed by atoms with Crippen LogP contribution in [0.15, 0.2) is 35.3 Å². The molecule has 1 atom stereocenters. The Morgan fingerprint density at radius 1 is 1.23 bits per heavy atom. The molecule has 5 nitrogen and oxygen atoms in total. The molecule has 5 heteroatoms. The molecule has 2 saturated heterocycles. The zero-order valence-electron chi connectivity index (χ0n) is 16.0. The molecule has 1 aromatic rings. The third-order valence-corrected chi connectivity index (χ3v) is 5.29. The van der Waals surface area contributed by atoms with Crippen LogP contribution in [0.5, 0.6) is 0 Å². The summed E-state index contributed by atoms with van der Waals surface area (Å²) in [4.78, 5) is 6.87. The van der Waals surface area contributed by atoms with Gasteiger partial charge >= 0.3 is 0 Å². The third-order valence-electron chi connectivity index (χ3n) is 5.29. The van der Waals surface area contributed by atoms with Crippen molar-refractivity contribution in [3.63, 3.8) is 0 Å². The molecule has 2 heterocycles. The molecule has 26 heavy (non-hydrogen) atoms. The van der Waals surface area contributed by atoms with Crippen molar-refractivity contribution in [3.8, 4) is 0 Å². The number of hydrogen-bond donors (Lipinski definition) is 1. The molecule has 0 bridgehead atoms. The molecule has 0 spiro atoms. The van der Waals surface area contributed by atoms with Crippen LogP contribution in [0.4, 0.5) is 0 Å². The lowest BCUT2D eigenvalue weighted by Gasteiger charge is -2.23. The average Bonchev–Trinajstić information content (AvgIpc) is 3.14. The van der Waals surface area contributed by atoms with E-state index in [4.69, 9.17) is 9.47 Å². The van der Waals surface area contributed by atoms with Crippen molar-refractivity contribution in [2.45, 2.75) is 38.2 Å². The van der Waals surface area contributed by atoms with Gasteiger partial charge in [0, 0.05) is 46.5 Å². The number of ether oxygens (including phenoxy) is 2. The molecule has 0 aliphatic carbocycles. The van der Waals surface area contributed by atoms with E-state index < -0.39 is 0 Å². The molecule has 0 radical (unpaired) electrons. The maximum atomic E-state index is 5.93. The lowest BCUT2D eigenvalue weighted by atomic mass is 9.99. The Balaban J connectivity index is 1.32. The van der Waals surface area contributed by atoms with Gasteiger partial charge in [-0.2, -0.15) is 0 Å². The molecule has 2 fully saturated rings. The normalized spacial score (nSPS) is 22.0. The van der Waals surface area contributed by atoms with Gasteiger partial charge in [-0.15, -0.1) is 0 Å². The zero-order valence-corrected chi connectivity index (χ0v) is 16.0. The van der Waals surface area contributed by atoms with Crippen molar-refractivity contribution in [2.24, 2.45) is 10.9 Å². The Hall–Kier alpha value is -1.59. The zero-order chi connectivity index (χ0) is 18.0. The standard InChI is InChI=1S/C21H33N3O2/c1-22-21(23-11-5-13-26-20-9-14-25-15-10-20)24-12-8-19(17-24)16-18-6-3-2-4-7-18/h2-4,6-7,19-20H,5,8-17H2,1H3,(H,22,23). The largest absolute Gasteiger partial charge is 0.381 e. The van der Waals surface area contributed by atoms with E-state index in [0.29, 0.717) is 12.0 Å². The fourth-order valence-corrected chi connectivity index (χ4v) is 3.84. The highest BCUT2D eigenvalue weighted by Gasteiger charge is 2.24. The Labute approximate surface area is 157 Å². The van der Waals surface area contributed by atoms with E-state index >= 15 is 0 Å². The van der Waals surface area contributed by atoms with Gasteiger partial charge in [-0.05, 0) is 43.6 Å². The first-order valence-corrected chi connectivity index (χ1v) is 10.0. The van der Waals surface area contributed by atoms with E-state index in [-0.39, 0.29) is 0 Å². The average molecular weight is 360 g/mol. The van der Waals surface area contributed by atoms with Gasteiger partial charge < -0.3 is 19.7 Å². The first-order valence-electron chi connectivity index (χ1n) is 10.0. The van der Waals surface area contributed by atoms with Crippen molar-refractivity contribution in [1.29, 1.82) is 0 Å². The van der Waals surface area contributed by atoms with Gasteiger partial charge in [0.15, 0.2) is 5.96 Å². The molecule has 1 N–H and O–H groups in total. The molecule has 1 aromatic carbocycles. The number of guanidine groups is 1. The summed E-state index contributed by atoms with van der Waals surface area (Å²) >= 11 is 0. The van der Waals surface area contributed by atoms with E-state index in [1.54, 1.807) is 0 Å². The van der Waals surface area contributed by atoms with E-state index in [2.05, 4.69) is 45.5 Å². The molecule has 3 rings (SSSR count). The van der Waals surface area contributed by atoms with Crippen LogP contribution in [0.25, 0.3) is 0 Å². The minimum atomic E-state index is 0.389. The Morgan fingerprint density at radius 2 is 2.04 bits per heavy atom. The molecule has 1 unspecified atom stereocenters. The minimum absolute atomic E-state index is 0.389. The summed E-state index contributed by atoms with van der Waals surface area (Å²) in [5.74, 6) is 1.75. The molecule has 144 valence electrons. The Kier molecular flexibility index (Phi) is 7.77. The maximum absolute atomic E-state index is 5.93. The second-order valence-corrected chi connectivity index (χ2v) is 7.30. The van der Waals surface area contributed by atoms with Gasteiger partial charge in [-0.3, -0.25) is 4.99 Å². The third kappa shape index (κ3) is 5.99. The molecule has 2 aliphatic heterocycles. The second kappa shape index (κ2) is 10.5. The van der Waals surface area contributed by atoms with Gasteiger partial charge in [0.1, 0.15) is 0 Å². The summed E-state index contributed by atoms with van der Waals surface area (Å²) in [6, 6.07) is 10.8. The highest BCUT2D eigenvalue weighted by molar-refractivity contribution is 5.80. The molecule has 2 aliphatic rings. The monoisotopic (exact) mass is 359 g/mol. The van der Waals surface area contributed by atoms with E-state index in [0.717, 1.165) is 71.1 Å². The number of hydrogen-bond acceptors (Lipinski definition) is 3. The van der Waals surface area contributed by atoms with Crippen molar-refractivity contribution < 1.29 is 9.47 Å². The number of rotatable bonds is 7. The summed E-state index contributed by atoms with van der Waals surface area (Å²) in [7, 11) is 1.88. The molecular formula is C21H33N3O2. The lowest BCUT2D eigenvalue weighted by Crippen LogP contribution is -2.40. The van der Waals surface area contributed by atoms with Crippen LogP contribution in [0.2, 0.25) is 0 Å². The Bertz CT molecular complexity index is 543. The van der Waals surface area contributed by atoms with Crippen LogP contribution in [-0.2, 0) is 15.9 Å². The smallest absolute Gasteiger partial charge is 0.193 e. The van der Waals surface area contributed by atoms with Crippen molar-refractivity contribution in [1.82, 2.24) is 10.2 Å². The second-order valence-electron chi connectivity index (χ2n) is 7.30. The molecule has 0 amide bonds. The topological polar surface area (TPSA) is 46.1 Å². The highest BCUT2D eigenvalue weighted by Crippen LogP contribution is 2.20. The first-order chi connectivity index (χ1) is 12.8. The van der Waals surface area contributed by atoms with Gasteiger partial charge in [0.2, 0.25) is 0 Å². The van der Waals surface area contributed by atoms with E-state index in [1.807, 2.05) is 7.05 Å². The number of likely N-dealkylation sites (tertiary alicyclic amines) is 1. The molecule has 0 aromatic heterocycles. The van der Waals surface area contributed by atoms with Crippen LogP contribution in [0.1, 0.15) is 31.2 Å². The summed E-state index contributed by atoms with van der Waals surface area (Å²) in [6.07, 6.45) is 5.87. The summed E-state index contributed by atoms with van der Waals surface area (Å²) < 4.78 is 11.3. The molecule has 0 saturated carbocycles. The number of aliphatic imine (C=N–C) groups is 1. The van der Waals surface area contributed by atoms with Crippen molar-refractivity contribution in [3.05, 3.63) is 35.9 Å². The van der Waals surface area contributed by atoms with Crippen LogP contribution in [0, 0.1) is 5.92 Å². The maximum Gasteiger partial charge on any atom is 0.193 e. The summed E-state index contributed by atoms with van der Waals surface area (Å²) in [5, 5.41) is 3.50. The van der Waals surface area contributed by atoms with E-state index in [9.17, 15) is 0 Å². The van der Waals surface area contributed by atoms with Crippen LogP contribution < -0.4 is 5.32 Å².